The first-order valence-electron chi connectivity index (χ1n) is 14.7. The SMILES string of the molecule is COc1nc(-c2ccnc(-c3cccc(NC(=O)c4cc(CNCCO)ccn4)c3C)c2Cl)ccc1CNC[C@@H]1CCC(=O)N1. The van der Waals surface area contributed by atoms with Gasteiger partial charge in [0.1, 0.15) is 5.69 Å². The standard InChI is InChI=1S/C33H36ClN7O4/c1-20-24(4-3-5-26(20)40-32(44)28-16-21(10-12-37-28)17-35-14-15-42)31-30(34)25(11-13-38-31)27-8-6-22(33(41-27)45-2)18-36-19-23-7-9-29(43)39-23/h3-6,8,10-13,16,23,35-36,42H,7,9,14-15,17-19H2,1-2H3,(H,39,43)(H,40,44)/t23-/m0/s1. The molecule has 4 heterocycles. The Labute approximate surface area is 266 Å². The van der Waals surface area contributed by atoms with E-state index < -0.39 is 0 Å². The molecule has 2 amide bonds. The molecule has 1 aromatic carbocycles. The molecule has 4 aromatic rings. The molecule has 5 rings (SSSR count). The lowest BCUT2D eigenvalue weighted by molar-refractivity contribution is -0.119. The molecule has 234 valence electrons. The smallest absolute Gasteiger partial charge is 0.274 e. The summed E-state index contributed by atoms with van der Waals surface area (Å²) >= 11 is 6.97. The van der Waals surface area contributed by atoms with Crippen LogP contribution in [0.1, 0.15) is 40.0 Å². The van der Waals surface area contributed by atoms with Crippen molar-refractivity contribution in [3.63, 3.8) is 0 Å². The van der Waals surface area contributed by atoms with Crippen LogP contribution in [0.5, 0.6) is 5.88 Å². The van der Waals surface area contributed by atoms with E-state index in [1.165, 1.54) is 0 Å². The second kappa shape index (κ2) is 15.0. The van der Waals surface area contributed by atoms with Gasteiger partial charge >= 0.3 is 0 Å². The highest BCUT2D eigenvalue weighted by Gasteiger charge is 2.21. The Balaban J connectivity index is 1.33. The number of aliphatic hydroxyl groups excluding tert-OH is 1. The predicted molar refractivity (Wildman–Crippen MR) is 173 cm³/mol. The van der Waals surface area contributed by atoms with E-state index in [9.17, 15) is 9.59 Å². The van der Waals surface area contributed by atoms with Crippen LogP contribution >= 0.6 is 11.6 Å². The summed E-state index contributed by atoms with van der Waals surface area (Å²) in [6.45, 7) is 4.12. The molecule has 1 aliphatic rings. The van der Waals surface area contributed by atoms with E-state index in [-0.39, 0.29) is 30.2 Å². The quantitative estimate of drug-likeness (QED) is 0.139. The van der Waals surface area contributed by atoms with Crippen LogP contribution in [0, 0.1) is 6.92 Å². The average Bonchev–Trinajstić information content (AvgIpc) is 3.47. The lowest BCUT2D eigenvalue weighted by atomic mass is 10.0. The number of hydrogen-bond donors (Lipinski definition) is 5. The first kappa shape index (κ1) is 32.0. The molecule has 45 heavy (non-hydrogen) atoms. The normalized spacial score (nSPS) is 14.3. The lowest BCUT2D eigenvalue weighted by Gasteiger charge is -2.16. The number of nitrogens with one attached hydrogen (secondary N) is 4. The number of aliphatic hydroxyl groups is 1. The average molecular weight is 630 g/mol. The van der Waals surface area contributed by atoms with Crippen molar-refractivity contribution in [2.45, 2.75) is 38.9 Å². The third-order valence-electron chi connectivity index (χ3n) is 7.60. The minimum atomic E-state index is -0.342. The fourth-order valence-corrected chi connectivity index (χ4v) is 5.52. The van der Waals surface area contributed by atoms with Gasteiger partial charge in [0.05, 0.1) is 30.1 Å². The molecule has 5 N–H and O–H groups in total. The van der Waals surface area contributed by atoms with Crippen LogP contribution < -0.4 is 26.0 Å². The van der Waals surface area contributed by atoms with E-state index in [0.29, 0.717) is 66.1 Å². The molecule has 0 unspecified atom stereocenters. The van der Waals surface area contributed by atoms with Gasteiger partial charge in [0, 0.05) is 73.4 Å². The Morgan fingerprint density at radius 1 is 1.09 bits per heavy atom. The zero-order valence-corrected chi connectivity index (χ0v) is 25.9. The molecule has 0 aliphatic carbocycles. The Morgan fingerprint density at radius 3 is 2.71 bits per heavy atom. The summed E-state index contributed by atoms with van der Waals surface area (Å²) in [4.78, 5) is 38.1. The number of halogens is 1. The van der Waals surface area contributed by atoms with Gasteiger partial charge in [-0.15, -0.1) is 0 Å². The Kier molecular flexibility index (Phi) is 10.7. The van der Waals surface area contributed by atoms with Crippen molar-refractivity contribution in [3.8, 4) is 28.4 Å². The van der Waals surface area contributed by atoms with E-state index in [1.807, 2.05) is 49.4 Å². The number of nitrogens with zero attached hydrogens (tertiary/aromatic N) is 3. The van der Waals surface area contributed by atoms with Gasteiger partial charge in [-0.1, -0.05) is 29.8 Å². The van der Waals surface area contributed by atoms with Gasteiger partial charge in [-0.25, -0.2) is 4.98 Å². The van der Waals surface area contributed by atoms with Gasteiger partial charge in [0.25, 0.3) is 5.91 Å². The molecule has 11 nitrogen and oxygen atoms in total. The minimum Gasteiger partial charge on any atom is -0.481 e. The van der Waals surface area contributed by atoms with Gasteiger partial charge in [-0.3, -0.25) is 19.6 Å². The molecular formula is C33H36ClN7O4. The van der Waals surface area contributed by atoms with Crippen LogP contribution in [0.2, 0.25) is 5.02 Å². The number of carbonyl (C=O) groups excluding carboxylic acids is 2. The van der Waals surface area contributed by atoms with Crippen molar-refractivity contribution in [3.05, 3.63) is 88.3 Å². The summed E-state index contributed by atoms with van der Waals surface area (Å²) in [5.41, 5.74) is 6.11. The zero-order valence-electron chi connectivity index (χ0n) is 25.2. The second-order valence-electron chi connectivity index (χ2n) is 10.7. The summed E-state index contributed by atoms with van der Waals surface area (Å²) in [5.74, 6) is 0.229. The number of benzene rings is 1. The summed E-state index contributed by atoms with van der Waals surface area (Å²) < 4.78 is 5.60. The molecule has 0 saturated carbocycles. The molecule has 12 heteroatoms. The predicted octanol–water partition coefficient (Wildman–Crippen LogP) is 3.88. The van der Waals surface area contributed by atoms with Gasteiger partial charge in [0.2, 0.25) is 11.8 Å². The number of rotatable bonds is 13. The zero-order chi connectivity index (χ0) is 31.8. The first-order chi connectivity index (χ1) is 21.9. The van der Waals surface area contributed by atoms with Crippen molar-refractivity contribution < 1.29 is 19.4 Å². The molecule has 1 saturated heterocycles. The summed E-state index contributed by atoms with van der Waals surface area (Å²) in [5, 5.41) is 21.8. The number of anilines is 1. The van der Waals surface area contributed by atoms with Crippen LogP contribution in [0.3, 0.4) is 0 Å². The third kappa shape index (κ3) is 7.81. The first-order valence-corrected chi connectivity index (χ1v) is 15.1. The maximum absolute atomic E-state index is 13.1. The van der Waals surface area contributed by atoms with Crippen molar-refractivity contribution in [2.75, 3.05) is 32.1 Å². The van der Waals surface area contributed by atoms with Crippen molar-refractivity contribution in [1.82, 2.24) is 30.9 Å². The van der Waals surface area contributed by atoms with Crippen molar-refractivity contribution in [2.24, 2.45) is 0 Å². The lowest BCUT2D eigenvalue weighted by Crippen LogP contribution is -2.35. The molecule has 1 fully saturated rings. The van der Waals surface area contributed by atoms with Crippen LogP contribution in [-0.2, 0) is 17.9 Å². The van der Waals surface area contributed by atoms with Crippen molar-refractivity contribution in [1.29, 1.82) is 0 Å². The van der Waals surface area contributed by atoms with Gasteiger partial charge in [0.15, 0.2) is 0 Å². The van der Waals surface area contributed by atoms with E-state index >= 15 is 0 Å². The number of aromatic nitrogens is 3. The molecule has 0 radical (unpaired) electrons. The Morgan fingerprint density at radius 2 is 1.93 bits per heavy atom. The van der Waals surface area contributed by atoms with E-state index in [1.54, 1.807) is 25.6 Å². The maximum Gasteiger partial charge on any atom is 0.274 e. The Bertz CT molecular complexity index is 1680. The van der Waals surface area contributed by atoms with Gasteiger partial charge < -0.3 is 31.1 Å². The fraction of sp³-hybridized carbons (Fsp3) is 0.303. The van der Waals surface area contributed by atoms with Crippen LogP contribution in [-0.4, -0.2) is 64.7 Å². The van der Waals surface area contributed by atoms with Gasteiger partial charge in [-0.2, -0.15) is 0 Å². The van der Waals surface area contributed by atoms with Crippen LogP contribution in [0.25, 0.3) is 22.5 Å². The number of hydrogen-bond acceptors (Lipinski definition) is 9. The number of amides is 2. The third-order valence-corrected chi connectivity index (χ3v) is 7.98. The topological polar surface area (TPSA) is 150 Å². The van der Waals surface area contributed by atoms with E-state index in [0.717, 1.165) is 28.7 Å². The number of ether oxygens (including phenoxy) is 1. The highest BCUT2D eigenvalue weighted by atomic mass is 35.5. The molecule has 1 atom stereocenters. The molecular weight excluding hydrogens is 594 g/mol. The van der Waals surface area contributed by atoms with Crippen molar-refractivity contribution >= 4 is 29.1 Å². The molecule has 3 aromatic heterocycles. The molecule has 0 spiro atoms. The van der Waals surface area contributed by atoms with E-state index in [2.05, 4.69) is 31.2 Å². The highest BCUT2D eigenvalue weighted by Crippen LogP contribution is 2.38. The monoisotopic (exact) mass is 629 g/mol. The molecule has 0 bridgehead atoms. The van der Waals surface area contributed by atoms with Crippen LogP contribution in [0.15, 0.2) is 60.9 Å². The number of carbonyl (C=O) groups is 2. The van der Waals surface area contributed by atoms with E-state index in [4.69, 9.17) is 26.4 Å². The van der Waals surface area contributed by atoms with Crippen LogP contribution in [0.4, 0.5) is 5.69 Å². The number of pyridine rings is 3. The highest BCUT2D eigenvalue weighted by molar-refractivity contribution is 6.35. The summed E-state index contributed by atoms with van der Waals surface area (Å²) in [7, 11) is 1.58. The molecule has 1 aliphatic heterocycles. The second-order valence-corrected chi connectivity index (χ2v) is 11.1. The maximum atomic E-state index is 13.1. The van der Waals surface area contributed by atoms with Gasteiger partial charge in [-0.05, 0) is 54.8 Å². The Hall–Kier alpha value is -4.42. The minimum absolute atomic E-state index is 0.0363. The largest absolute Gasteiger partial charge is 0.481 e. The summed E-state index contributed by atoms with van der Waals surface area (Å²) in [6, 6.07) is 14.9. The fourth-order valence-electron chi connectivity index (χ4n) is 5.21. The summed E-state index contributed by atoms with van der Waals surface area (Å²) in [6.07, 6.45) is 4.66. The number of methoxy groups -OCH3 is 1.